The van der Waals surface area contributed by atoms with E-state index in [0.717, 1.165) is 24.0 Å². The van der Waals surface area contributed by atoms with Gasteiger partial charge in [0.25, 0.3) is 0 Å². The van der Waals surface area contributed by atoms with Crippen LogP contribution in [-0.2, 0) is 21.3 Å². The summed E-state index contributed by atoms with van der Waals surface area (Å²) >= 11 is 0. The summed E-state index contributed by atoms with van der Waals surface area (Å²) in [4.78, 5) is 0.270. The van der Waals surface area contributed by atoms with Gasteiger partial charge >= 0.3 is 0 Å². The summed E-state index contributed by atoms with van der Waals surface area (Å²) in [6.07, 6.45) is 1.80. The summed E-state index contributed by atoms with van der Waals surface area (Å²) in [5, 5.41) is 0. The maximum Gasteiger partial charge on any atom is 0.240 e. The Bertz CT molecular complexity index is 542. The number of rotatable bonds is 9. The Morgan fingerprint density at radius 1 is 1.29 bits per heavy atom. The van der Waals surface area contributed by atoms with Gasteiger partial charge in [-0.25, -0.2) is 13.1 Å². The van der Waals surface area contributed by atoms with Crippen molar-refractivity contribution in [3.8, 4) is 0 Å². The summed E-state index contributed by atoms with van der Waals surface area (Å²) in [6.45, 7) is 7.28. The molecule has 1 aromatic rings. The van der Waals surface area contributed by atoms with E-state index in [1.165, 1.54) is 0 Å². The third-order valence-corrected chi connectivity index (χ3v) is 4.62. The zero-order chi connectivity index (χ0) is 15.9. The number of sulfonamides is 1. The van der Waals surface area contributed by atoms with Crippen LogP contribution in [0.25, 0.3) is 0 Å². The van der Waals surface area contributed by atoms with E-state index < -0.39 is 10.0 Å². The van der Waals surface area contributed by atoms with Crippen molar-refractivity contribution in [3.05, 3.63) is 29.3 Å². The lowest BCUT2D eigenvalue weighted by atomic mass is 10.1. The first-order chi connectivity index (χ1) is 9.86. The normalized spacial score (nSPS) is 12.0. The van der Waals surface area contributed by atoms with Crippen LogP contribution in [0.15, 0.2) is 23.1 Å². The molecule has 21 heavy (non-hydrogen) atoms. The van der Waals surface area contributed by atoms with Gasteiger partial charge in [0.2, 0.25) is 10.0 Å². The molecule has 0 saturated heterocycles. The Kier molecular flexibility index (Phi) is 7.31. The molecule has 0 radical (unpaired) electrons. The monoisotopic (exact) mass is 314 g/mol. The average molecular weight is 314 g/mol. The number of hydrogen-bond acceptors (Lipinski definition) is 4. The summed E-state index contributed by atoms with van der Waals surface area (Å²) in [6, 6.07) is 5.03. The molecule has 5 nitrogen and oxygen atoms in total. The van der Waals surface area contributed by atoms with E-state index in [1.54, 1.807) is 18.2 Å². The third-order valence-electron chi connectivity index (χ3n) is 3.17. The third kappa shape index (κ3) is 6.13. The van der Waals surface area contributed by atoms with Crippen LogP contribution in [-0.4, -0.2) is 27.7 Å². The van der Waals surface area contributed by atoms with Crippen molar-refractivity contribution < 1.29 is 13.2 Å². The number of benzene rings is 1. The second-order valence-electron chi connectivity index (χ2n) is 5.32. The van der Waals surface area contributed by atoms with E-state index in [2.05, 4.69) is 4.72 Å². The molecule has 3 N–H and O–H groups in total. The van der Waals surface area contributed by atoms with Gasteiger partial charge in [0.05, 0.1) is 11.0 Å². The smallest absolute Gasteiger partial charge is 0.240 e. The van der Waals surface area contributed by atoms with Gasteiger partial charge in [-0.3, -0.25) is 0 Å². The maximum absolute atomic E-state index is 12.2. The van der Waals surface area contributed by atoms with E-state index in [1.807, 2.05) is 20.8 Å². The molecule has 0 aliphatic heterocycles. The largest absolute Gasteiger partial charge is 0.379 e. The van der Waals surface area contributed by atoms with E-state index in [4.69, 9.17) is 10.5 Å². The van der Waals surface area contributed by atoms with Gasteiger partial charge in [-0.2, -0.15) is 0 Å². The van der Waals surface area contributed by atoms with E-state index >= 15 is 0 Å². The van der Waals surface area contributed by atoms with Crippen molar-refractivity contribution >= 4 is 10.0 Å². The zero-order valence-electron chi connectivity index (χ0n) is 13.1. The molecule has 0 amide bonds. The highest BCUT2D eigenvalue weighted by Crippen LogP contribution is 2.15. The van der Waals surface area contributed by atoms with E-state index in [-0.39, 0.29) is 11.0 Å². The van der Waals surface area contributed by atoms with Gasteiger partial charge in [0, 0.05) is 19.7 Å². The molecule has 0 spiro atoms. The van der Waals surface area contributed by atoms with Gasteiger partial charge in [-0.1, -0.05) is 6.07 Å². The molecule has 0 unspecified atom stereocenters. The van der Waals surface area contributed by atoms with Crippen LogP contribution >= 0.6 is 0 Å². The predicted octanol–water partition coefficient (Wildman–Crippen LogP) is 1.94. The Labute approximate surface area is 127 Å². The second kappa shape index (κ2) is 8.48. The fraction of sp³-hybridized carbons (Fsp3) is 0.600. The molecule has 1 aromatic carbocycles. The quantitative estimate of drug-likeness (QED) is 0.683. The predicted molar refractivity (Wildman–Crippen MR) is 84.6 cm³/mol. The molecule has 0 fully saturated rings. The minimum atomic E-state index is -3.46. The number of unbranched alkanes of at least 4 members (excludes halogenated alkanes) is 1. The minimum Gasteiger partial charge on any atom is -0.379 e. The van der Waals surface area contributed by atoms with Gasteiger partial charge < -0.3 is 10.5 Å². The highest BCUT2D eigenvalue weighted by Gasteiger charge is 2.14. The van der Waals surface area contributed by atoms with Gasteiger partial charge in [-0.15, -0.1) is 0 Å². The highest BCUT2D eigenvalue weighted by atomic mass is 32.2. The van der Waals surface area contributed by atoms with Gasteiger partial charge in [0.1, 0.15) is 0 Å². The summed E-state index contributed by atoms with van der Waals surface area (Å²) in [7, 11) is -3.46. The summed E-state index contributed by atoms with van der Waals surface area (Å²) in [5.41, 5.74) is 7.47. The first-order valence-electron chi connectivity index (χ1n) is 7.27. The lowest BCUT2D eigenvalue weighted by molar-refractivity contribution is 0.0762. The van der Waals surface area contributed by atoms with Crippen LogP contribution in [0.2, 0.25) is 0 Å². The van der Waals surface area contributed by atoms with Gasteiger partial charge in [0.15, 0.2) is 0 Å². The van der Waals surface area contributed by atoms with E-state index in [0.29, 0.717) is 19.7 Å². The van der Waals surface area contributed by atoms with Crippen molar-refractivity contribution in [2.24, 2.45) is 5.73 Å². The highest BCUT2D eigenvalue weighted by molar-refractivity contribution is 7.89. The summed E-state index contributed by atoms with van der Waals surface area (Å²) < 4.78 is 32.4. The van der Waals surface area contributed by atoms with E-state index in [9.17, 15) is 8.42 Å². The molecule has 0 aliphatic rings. The Morgan fingerprint density at radius 3 is 2.62 bits per heavy atom. The molecule has 0 aromatic heterocycles. The van der Waals surface area contributed by atoms with Crippen LogP contribution in [0, 0.1) is 6.92 Å². The maximum atomic E-state index is 12.2. The standard InChI is InChI=1S/C15H26N2O3S/c1-12(2)20-9-5-4-8-17-21(18,19)15-7-6-13(3)14(10-15)11-16/h6-7,10,12,17H,4-5,8-9,11,16H2,1-3H3. The molecule has 0 heterocycles. The second-order valence-corrected chi connectivity index (χ2v) is 7.08. The number of nitrogens with two attached hydrogens (primary N) is 1. The van der Waals surface area contributed by atoms with Crippen LogP contribution in [0.5, 0.6) is 0 Å². The lowest BCUT2D eigenvalue weighted by Crippen LogP contribution is -2.25. The number of nitrogens with one attached hydrogen (secondary N) is 1. The van der Waals surface area contributed by atoms with Crippen LogP contribution in [0.3, 0.4) is 0 Å². The van der Waals surface area contributed by atoms with Crippen LogP contribution in [0.4, 0.5) is 0 Å². The topological polar surface area (TPSA) is 81.4 Å². The minimum absolute atomic E-state index is 0.212. The Balaban J connectivity index is 2.50. The van der Waals surface area contributed by atoms with Crippen LogP contribution in [0.1, 0.15) is 37.8 Å². The van der Waals surface area contributed by atoms with Crippen molar-refractivity contribution in [1.82, 2.24) is 4.72 Å². The molecular weight excluding hydrogens is 288 g/mol. The lowest BCUT2D eigenvalue weighted by Gasteiger charge is -2.10. The number of ether oxygens (including phenoxy) is 1. The molecule has 0 saturated carbocycles. The molecule has 0 aliphatic carbocycles. The first kappa shape index (κ1) is 18.1. The fourth-order valence-corrected chi connectivity index (χ4v) is 3.00. The summed E-state index contributed by atoms with van der Waals surface area (Å²) in [5.74, 6) is 0. The number of aryl methyl sites for hydroxylation is 1. The fourth-order valence-electron chi connectivity index (χ4n) is 1.87. The van der Waals surface area contributed by atoms with Crippen molar-refractivity contribution in [2.45, 2.75) is 51.2 Å². The van der Waals surface area contributed by atoms with Crippen LogP contribution < -0.4 is 10.5 Å². The van der Waals surface area contributed by atoms with Crippen molar-refractivity contribution in [3.63, 3.8) is 0 Å². The molecule has 120 valence electrons. The zero-order valence-corrected chi connectivity index (χ0v) is 13.9. The molecule has 0 bridgehead atoms. The Hall–Kier alpha value is -0.950. The van der Waals surface area contributed by atoms with Crippen molar-refractivity contribution in [1.29, 1.82) is 0 Å². The molecule has 1 rings (SSSR count). The average Bonchev–Trinajstić information content (AvgIpc) is 2.42. The van der Waals surface area contributed by atoms with Crippen molar-refractivity contribution in [2.75, 3.05) is 13.2 Å². The molecule has 6 heteroatoms. The SMILES string of the molecule is Cc1ccc(S(=O)(=O)NCCCCOC(C)C)cc1CN. The Morgan fingerprint density at radius 2 is 2.00 bits per heavy atom. The first-order valence-corrected chi connectivity index (χ1v) is 8.76. The molecule has 0 atom stereocenters. The van der Waals surface area contributed by atoms with Gasteiger partial charge in [-0.05, 0) is 56.9 Å². The molecular formula is C15H26N2O3S. The number of hydrogen-bond donors (Lipinski definition) is 2.